The Morgan fingerprint density at radius 3 is 2.85 bits per heavy atom. The van der Waals surface area contributed by atoms with Crippen LogP contribution in [0.5, 0.6) is 0 Å². The van der Waals surface area contributed by atoms with Gasteiger partial charge in [0.1, 0.15) is 0 Å². The highest BCUT2D eigenvalue weighted by atomic mass is 32.2. The molecule has 0 bridgehead atoms. The van der Waals surface area contributed by atoms with E-state index in [-0.39, 0.29) is 5.56 Å². The van der Waals surface area contributed by atoms with Crippen LogP contribution in [0.4, 0.5) is 0 Å². The van der Waals surface area contributed by atoms with Crippen LogP contribution in [-0.2, 0) is 5.75 Å². The third-order valence-electron chi connectivity index (χ3n) is 2.53. The molecule has 7 heteroatoms. The molecular weight excluding hydrogens is 276 g/mol. The zero-order chi connectivity index (χ0) is 13.8. The zero-order valence-electron chi connectivity index (χ0n) is 10.3. The first-order chi connectivity index (χ1) is 9.81. The predicted molar refractivity (Wildman–Crippen MR) is 74.2 cm³/mol. The quantitative estimate of drug-likeness (QED) is 0.584. The average Bonchev–Trinajstić information content (AvgIpc) is 2.99. The Labute approximate surface area is 118 Å². The maximum atomic E-state index is 11.7. The number of aromatic nitrogens is 4. The summed E-state index contributed by atoms with van der Waals surface area (Å²) in [6, 6.07) is 11.0. The Morgan fingerprint density at radius 2 is 2.10 bits per heavy atom. The van der Waals surface area contributed by atoms with Crippen molar-refractivity contribution < 1.29 is 4.42 Å². The van der Waals surface area contributed by atoms with Crippen LogP contribution in [0.15, 0.2) is 57.2 Å². The van der Waals surface area contributed by atoms with Gasteiger partial charge in [0.2, 0.25) is 12.3 Å². The molecule has 0 fully saturated rings. The van der Waals surface area contributed by atoms with Gasteiger partial charge in [-0.3, -0.25) is 4.79 Å². The lowest BCUT2D eigenvalue weighted by Gasteiger charge is -2.03. The van der Waals surface area contributed by atoms with Crippen LogP contribution in [0.2, 0.25) is 0 Å². The third kappa shape index (κ3) is 2.94. The number of aromatic amines is 1. The van der Waals surface area contributed by atoms with Crippen molar-refractivity contribution in [3.05, 3.63) is 59.0 Å². The summed E-state index contributed by atoms with van der Waals surface area (Å²) in [5, 5.41) is 7.89. The SMILES string of the molecule is O=c1cc(-c2ccccc2)nc(SCc2nnco2)[nH]1. The van der Waals surface area contributed by atoms with Crippen molar-refractivity contribution in [1.29, 1.82) is 0 Å². The molecule has 0 spiro atoms. The highest BCUT2D eigenvalue weighted by Gasteiger charge is 2.06. The fourth-order valence-electron chi connectivity index (χ4n) is 1.65. The molecule has 3 rings (SSSR count). The van der Waals surface area contributed by atoms with Crippen LogP contribution < -0.4 is 5.56 Å². The second-order valence-electron chi connectivity index (χ2n) is 3.92. The highest BCUT2D eigenvalue weighted by Crippen LogP contribution is 2.20. The summed E-state index contributed by atoms with van der Waals surface area (Å²) in [7, 11) is 0. The molecule has 2 heterocycles. The lowest BCUT2D eigenvalue weighted by atomic mass is 10.1. The van der Waals surface area contributed by atoms with Gasteiger partial charge < -0.3 is 9.40 Å². The molecule has 0 amide bonds. The molecule has 0 unspecified atom stereocenters. The molecule has 3 aromatic rings. The van der Waals surface area contributed by atoms with Gasteiger partial charge in [0.05, 0.1) is 11.4 Å². The maximum Gasteiger partial charge on any atom is 0.252 e. The normalized spacial score (nSPS) is 10.6. The summed E-state index contributed by atoms with van der Waals surface area (Å²) >= 11 is 1.34. The van der Waals surface area contributed by atoms with E-state index in [1.807, 2.05) is 30.3 Å². The van der Waals surface area contributed by atoms with Crippen molar-refractivity contribution in [3.8, 4) is 11.3 Å². The molecule has 0 aliphatic carbocycles. The van der Waals surface area contributed by atoms with Crippen LogP contribution in [0.1, 0.15) is 5.89 Å². The third-order valence-corrected chi connectivity index (χ3v) is 3.39. The van der Waals surface area contributed by atoms with Crippen molar-refractivity contribution >= 4 is 11.8 Å². The number of nitrogens with one attached hydrogen (secondary N) is 1. The molecule has 20 heavy (non-hydrogen) atoms. The number of H-pyrrole nitrogens is 1. The van der Waals surface area contributed by atoms with Gasteiger partial charge in [0, 0.05) is 11.6 Å². The Bertz CT molecular complexity index is 741. The molecule has 1 N–H and O–H groups in total. The van der Waals surface area contributed by atoms with E-state index in [0.29, 0.717) is 22.5 Å². The van der Waals surface area contributed by atoms with Crippen molar-refractivity contribution in [2.24, 2.45) is 0 Å². The standard InChI is InChI=1S/C13H10N4O2S/c18-11-6-10(9-4-2-1-3-5-9)15-13(16-11)20-7-12-17-14-8-19-12/h1-6,8H,7H2,(H,15,16,18). The molecule has 100 valence electrons. The van der Waals surface area contributed by atoms with Gasteiger partial charge >= 0.3 is 0 Å². The molecular formula is C13H10N4O2S. The smallest absolute Gasteiger partial charge is 0.252 e. The Hall–Kier alpha value is -2.41. The van der Waals surface area contributed by atoms with Crippen molar-refractivity contribution in [1.82, 2.24) is 20.2 Å². The summed E-state index contributed by atoms with van der Waals surface area (Å²) in [4.78, 5) is 18.8. The second-order valence-corrected chi connectivity index (χ2v) is 4.89. The average molecular weight is 286 g/mol. The van der Waals surface area contributed by atoms with E-state index in [0.717, 1.165) is 5.56 Å². The molecule has 6 nitrogen and oxygen atoms in total. The Morgan fingerprint density at radius 1 is 1.25 bits per heavy atom. The molecule has 0 radical (unpaired) electrons. The fraction of sp³-hybridized carbons (Fsp3) is 0.0769. The van der Waals surface area contributed by atoms with Gasteiger partial charge in [-0.25, -0.2) is 4.98 Å². The van der Waals surface area contributed by atoms with E-state index in [9.17, 15) is 4.79 Å². The van der Waals surface area contributed by atoms with Gasteiger partial charge in [-0.15, -0.1) is 10.2 Å². The van der Waals surface area contributed by atoms with Crippen LogP contribution in [0.25, 0.3) is 11.3 Å². The molecule has 0 aliphatic heterocycles. The minimum absolute atomic E-state index is 0.188. The molecule has 1 aromatic carbocycles. The van der Waals surface area contributed by atoms with E-state index in [2.05, 4.69) is 20.2 Å². The molecule has 0 atom stereocenters. The van der Waals surface area contributed by atoms with E-state index >= 15 is 0 Å². The lowest BCUT2D eigenvalue weighted by Crippen LogP contribution is -2.08. The van der Waals surface area contributed by atoms with E-state index < -0.39 is 0 Å². The minimum atomic E-state index is -0.188. The summed E-state index contributed by atoms with van der Waals surface area (Å²) < 4.78 is 5.04. The summed E-state index contributed by atoms with van der Waals surface area (Å²) in [6.07, 6.45) is 1.27. The first-order valence-electron chi connectivity index (χ1n) is 5.86. The number of rotatable bonds is 4. The van der Waals surface area contributed by atoms with Crippen LogP contribution >= 0.6 is 11.8 Å². The second kappa shape index (κ2) is 5.70. The number of hydrogen-bond donors (Lipinski definition) is 1. The number of nitrogens with zero attached hydrogens (tertiary/aromatic N) is 3. The molecule has 0 saturated carbocycles. The predicted octanol–water partition coefficient (Wildman–Crippen LogP) is 2.11. The lowest BCUT2D eigenvalue weighted by molar-refractivity contribution is 0.514. The Kier molecular flexibility index (Phi) is 3.60. The van der Waals surface area contributed by atoms with Crippen molar-refractivity contribution in [2.45, 2.75) is 10.9 Å². The van der Waals surface area contributed by atoms with Crippen molar-refractivity contribution in [2.75, 3.05) is 0 Å². The fourth-order valence-corrected chi connectivity index (χ4v) is 2.37. The summed E-state index contributed by atoms with van der Waals surface area (Å²) in [5.41, 5.74) is 1.35. The topological polar surface area (TPSA) is 84.7 Å². The van der Waals surface area contributed by atoms with Gasteiger partial charge in [-0.1, -0.05) is 42.1 Å². The minimum Gasteiger partial charge on any atom is -0.427 e. The highest BCUT2D eigenvalue weighted by molar-refractivity contribution is 7.98. The van der Waals surface area contributed by atoms with Gasteiger partial charge in [-0.05, 0) is 0 Å². The first-order valence-corrected chi connectivity index (χ1v) is 6.84. The first kappa shape index (κ1) is 12.6. The van der Waals surface area contributed by atoms with Crippen LogP contribution in [-0.4, -0.2) is 20.2 Å². The van der Waals surface area contributed by atoms with Crippen LogP contribution in [0.3, 0.4) is 0 Å². The molecule has 2 aromatic heterocycles. The number of hydrogen-bond acceptors (Lipinski definition) is 6. The summed E-state index contributed by atoms with van der Waals surface area (Å²) in [6.45, 7) is 0. The van der Waals surface area contributed by atoms with Crippen LogP contribution in [0, 0.1) is 0 Å². The monoisotopic (exact) mass is 286 g/mol. The summed E-state index contributed by atoms with van der Waals surface area (Å²) in [5.74, 6) is 0.948. The van der Waals surface area contributed by atoms with E-state index in [4.69, 9.17) is 4.42 Å². The zero-order valence-corrected chi connectivity index (χ0v) is 11.1. The largest absolute Gasteiger partial charge is 0.427 e. The number of thioether (sulfide) groups is 1. The molecule has 0 aliphatic rings. The molecule has 0 saturated heterocycles. The maximum absolute atomic E-state index is 11.7. The van der Waals surface area contributed by atoms with Crippen molar-refractivity contribution in [3.63, 3.8) is 0 Å². The van der Waals surface area contributed by atoms with Gasteiger partial charge in [-0.2, -0.15) is 0 Å². The van der Waals surface area contributed by atoms with E-state index in [1.165, 1.54) is 24.2 Å². The number of benzene rings is 1. The Balaban J connectivity index is 1.85. The van der Waals surface area contributed by atoms with Gasteiger partial charge in [0.15, 0.2) is 5.16 Å². The van der Waals surface area contributed by atoms with E-state index in [1.54, 1.807) is 0 Å². The van der Waals surface area contributed by atoms with Gasteiger partial charge in [0.25, 0.3) is 5.56 Å².